The number of nitrogens with two attached hydrogens (primary N) is 1. The molecule has 164 valence electrons. The van der Waals surface area contributed by atoms with E-state index in [0.29, 0.717) is 28.8 Å². The van der Waals surface area contributed by atoms with Crippen LogP contribution in [0.1, 0.15) is 44.7 Å². The molecule has 3 aromatic rings. The van der Waals surface area contributed by atoms with Gasteiger partial charge in [0, 0.05) is 41.8 Å². The van der Waals surface area contributed by atoms with Gasteiger partial charge in [-0.3, -0.25) is 14.6 Å². The van der Waals surface area contributed by atoms with Crippen LogP contribution in [-0.4, -0.2) is 40.9 Å². The second kappa shape index (κ2) is 10.2. The number of aliphatic imine (C=N–C) groups is 1. The van der Waals surface area contributed by atoms with Crippen molar-refractivity contribution in [3.63, 3.8) is 0 Å². The second-order valence-electron chi connectivity index (χ2n) is 7.51. The van der Waals surface area contributed by atoms with Crippen LogP contribution in [-0.2, 0) is 0 Å². The summed E-state index contributed by atoms with van der Waals surface area (Å²) in [6, 6.07) is 14.0. The Morgan fingerprint density at radius 2 is 2.00 bits per heavy atom. The van der Waals surface area contributed by atoms with Crippen LogP contribution in [0.3, 0.4) is 0 Å². The van der Waals surface area contributed by atoms with Crippen molar-refractivity contribution in [2.75, 3.05) is 13.1 Å². The van der Waals surface area contributed by atoms with Gasteiger partial charge in [0.1, 0.15) is 0 Å². The van der Waals surface area contributed by atoms with E-state index >= 15 is 0 Å². The van der Waals surface area contributed by atoms with Crippen molar-refractivity contribution in [3.8, 4) is 17.5 Å². The van der Waals surface area contributed by atoms with Gasteiger partial charge >= 0.3 is 0 Å². The van der Waals surface area contributed by atoms with E-state index in [2.05, 4.69) is 33.3 Å². The lowest BCUT2D eigenvalue weighted by Gasteiger charge is -2.09. The van der Waals surface area contributed by atoms with Gasteiger partial charge in [0.25, 0.3) is 5.91 Å². The van der Waals surface area contributed by atoms with Crippen LogP contribution in [0.15, 0.2) is 77.6 Å². The first kappa shape index (κ1) is 21.8. The zero-order valence-corrected chi connectivity index (χ0v) is 18.0. The summed E-state index contributed by atoms with van der Waals surface area (Å²) in [5.41, 5.74) is 9.53. The van der Waals surface area contributed by atoms with Crippen LogP contribution in [0.4, 0.5) is 0 Å². The molecule has 0 fully saturated rings. The van der Waals surface area contributed by atoms with E-state index < -0.39 is 5.91 Å². The second-order valence-corrected chi connectivity index (χ2v) is 7.51. The van der Waals surface area contributed by atoms with E-state index in [1.807, 2.05) is 24.5 Å². The third-order valence-electron chi connectivity index (χ3n) is 5.14. The number of primary amides is 1. The molecular formula is C26H23N5O2. The van der Waals surface area contributed by atoms with E-state index in [4.69, 9.17) is 5.73 Å². The number of aromatic nitrogens is 2. The van der Waals surface area contributed by atoms with E-state index in [0.717, 1.165) is 25.1 Å². The molecule has 33 heavy (non-hydrogen) atoms. The number of allylic oxidation sites excluding steroid dienone is 1. The number of amides is 2. The SMILES string of the molecule is NC(=O)c1cccc(C#Cc2cc(C(=O)NCCCC3=CCN=C3)ccc2-n2cccn2)c1. The third kappa shape index (κ3) is 5.63. The van der Waals surface area contributed by atoms with E-state index in [1.165, 1.54) is 5.57 Å². The van der Waals surface area contributed by atoms with Crippen LogP contribution < -0.4 is 11.1 Å². The number of benzene rings is 2. The van der Waals surface area contributed by atoms with Crippen LogP contribution in [0.2, 0.25) is 0 Å². The molecule has 2 amide bonds. The fourth-order valence-electron chi connectivity index (χ4n) is 3.43. The number of nitrogens with zero attached hydrogens (tertiary/aromatic N) is 3. The molecule has 0 saturated carbocycles. The third-order valence-corrected chi connectivity index (χ3v) is 5.14. The molecule has 3 N–H and O–H groups in total. The first-order chi connectivity index (χ1) is 16.1. The van der Waals surface area contributed by atoms with Gasteiger partial charge in [-0.05, 0) is 60.9 Å². The Balaban J connectivity index is 1.54. The lowest BCUT2D eigenvalue weighted by atomic mass is 10.1. The molecule has 2 heterocycles. The number of rotatable bonds is 7. The zero-order chi connectivity index (χ0) is 23.0. The maximum atomic E-state index is 12.7. The molecule has 0 aliphatic carbocycles. The van der Waals surface area contributed by atoms with Crippen LogP contribution in [0, 0.1) is 11.8 Å². The molecule has 1 aliphatic rings. The summed E-state index contributed by atoms with van der Waals surface area (Å²) in [5, 5.41) is 7.25. The fraction of sp³-hybridized carbons (Fsp3) is 0.154. The smallest absolute Gasteiger partial charge is 0.251 e. The largest absolute Gasteiger partial charge is 0.366 e. The van der Waals surface area contributed by atoms with E-state index in [-0.39, 0.29) is 5.91 Å². The maximum Gasteiger partial charge on any atom is 0.251 e. The maximum absolute atomic E-state index is 12.7. The lowest BCUT2D eigenvalue weighted by molar-refractivity contribution is 0.0952. The molecular weight excluding hydrogens is 414 g/mol. The lowest BCUT2D eigenvalue weighted by Crippen LogP contribution is -2.24. The minimum Gasteiger partial charge on any atom is -0.366 e. The molecule has 0 radical (unpaired) electrons. The normalized spacial score (nSPS) is 12.1. The summed E-state index contributed by atoms with van der Waals surface area (Å²) in [5.74, 6) is 5.51. The Kier molecular flexibility index (Phi) is 6.76. The molecule has 7 heteroatoms. The summed E-state index contributed by atoms with van der Waals surface area (Å²) in [4.78, 5) is 28.3. The monoisotopic (exact) mass is 437 g/mol. The molecule has 1 aromatic heterocycles. The summed E-state index contributed by atoms with van der Waals surface area (Å²) in [6.45, 7) is 1.33. The molecule has 4 rings (SSSR count). The van der Waals surface area contributed by atoms with Crippen molar-refractivity contribution in [2.24, 2.45) is 10.7 Å². The van der Waals surface area contributed by atoms with Crippen molar-refractivity contribution in [3.05, 3.63) is 94.8 Å². The Labute approximate surface area is 192 Å². The first-order valence-corrected chi connectivity index (χ1v) is 10.6. The van der Waals surface area contributed by atoms with Crippen LogP contribution in [0.25, 0.3) is 5.69 Å². The van der Waals surface area contributed by atoms with Gasteiger partial charge < -0.3 is 11.1 Å². The predicted molar refractivity (Wildman–Crippen MR) is 128 cm³/mol. The minimum absolute atomic E-state index is 0.158. The first-order valence-electron chi connectivity index (χ1n) is 10.6. The van der Waals surface area contributed by atoms with Gasteiger partial charge in [-0.1, -0.05) is 24.0 Å². The number of hydrogen-bond acceptors (Lipinski definition) is 4. The highest BCUT2D eigenvalue weighted by Crippen LogP contribution is 2.16. The average molecular weight is 438 g/mol. The molecule has 0 spiro atoms. The minimum atomic E-state index is -0.508. The fourth-order valence-corrected chi connectivity index (χ4v) is 3.43. The number of hydrogen-bond donors (Lipinski definition) is 2. The van der Waals surface area contributed by atoms with Gasteiger partial charge in [0.15, 0.2) is 0 Å². The molecule has 7 nitrogen and oxygen atoms in total. The highest BCUT2D eigenvalue weighted by Gasteiger charge is 2.11. The highest BCUT2D eigenvalue weighted by molar-refractivity contribution is 5.95. The van der Waals surface area contributed by atoms with Gasteiger partial charge in [-0.25, -0.2) is 4.68 Å². The van der Waals surface area contributed by atoms with Crippen molar-refractivity contribution in [2.45, 2.75) is 12.8 Å². The zero-order valence-electron chi connectivity index (χ0n) is 18.0. The molecule has 0 saturated heterocycles. The molecule has 1 aliphatic heterocycles. The Bertz CT molecular complexity index is 1290. The predicted octanol–water partition coefficient (Wildman–Crippen LogP) is 2.89. The van der Waals surface area contributed by atoms with Gasteiger partial charge in [-0.2, -0.15) is 5.10 Å². The standard InChI is InChI=1S/C26H23N5O2/c27-25(32)22-6-1-4-19(16-22)7-8-21-17-23(9-10-24(21)31-15-3-13-30-31)26(33)29-12-2-5-20-11-14-28-18-20/h1,3-4,6,9-11,13,15-18H,2,5,12,14H2,(H2,27,32)(H,29,33). The van der Waals surface area contributed by atoms with E-state index in [9.17, 15) is 9.59 Å². The molecule has 0 unspecified atom stereocenters. The van der Waals surface area contributed by atoms with E-state index in [1.54, 1.807) is 47.3 Å². The van der Waals surface area contributed by atoms with Crippen LogP contribution in [0.5, 0.6) is 0 Å². The molecule has 0 bridgehead atoms. The molecule has 0 atom stereocenters. The average Bonchev–Trinajstić information content (AvgIpc) is 3.55. The summed E-state index contributed by atoms with van der Waals surface area (Å²) >= 11 is 0. The highest BCUT2D eigenvalue weighted by atomic mass is 16.2. The van der Waals surface area contributed by atoms with Crippen molar-refractivity contribution >= 4 is 18.0 Å². The van der Waals surface area contributed by atoms with Crippen molar-refractivity contribution < 1.29 is 9.59 Å². The van der Waals surface area contributed by atoms with Crippen molar-refractivity contribution in [1.82, 2.24) is 15.1 Å². The number of carbonyl (C=O) groups is 2. The van der Waals surface area contributed by atoms with Gasteiger partial charge in [0.2, 0.25) is 5.91 Å². The Morgan fingerprint density at radius 3 is 2.76 bits per heavy atom. The summed E-state index contributed by atoms with van der Waals surface area (Å²) < 4.78 is 1.70. The summed E-state index contributed by atoms with van der Waals surface area (Å²) in [7, 11) is 0. The molecule has 2 aromatic carbocycles. The van der Waals surface area contributed by atoms with Gasteiger partial charge in [-0.15, -0.1) is 0 Å². The van der Waals surface area contributed by atoms with Gasteiger partial charge in [0.05, 0.1) is 17.8 Å². The Hall–Kier alpha value is -4.44. The number of carbonyl (C=O) groups excluding carboxylic acids is 2. The Morgan fingerprint density at radius 1 is 1.09 bits per heavy atom. The summed E-state index contributed by atoms with van der Waals surface area (Å²) in [6.07, 6.45) is 9.22. The van der Waals surface area contributed by atoms with Crippen LogP contribution >= 0.6 is 0 Å². The quantitative estimate of drug-likeness (QED) is 0.439. The van der Waals surface area contributed by atoms with Crippen molar-refractivity contribution in [1.29, 1.82) is 0 Å². The topological polar surface area (TPSA) is 102 Å². The number of nitrogens with one attached hydrogen (secondary N) is 1.